The number of benzene rings is 1. The molecule has 1 aromatic carbocycles. The average Bonchev–Trinajstić information content (AvgIpc) is 3.35. The van der Waals surface area contributed by atoms with Gasteiger partial charge in [-0.05, 0) is 36.4 Å². The summed E-state index contributed by atoms with van der Waals surface area (Å²) < 4.78 is 12.8. The third kappa shape index (κ3) is 2.74. The fourth-order valence-corrected chi connectivity index (χ4v) is 2.83. The van der Waals surface area contributed by atoms with E-state index in [4.69, 9.17) is 14.6 Å². The highest BCUT2D eigenvalue weighted by Crippen LogP contribution is 2.35. The van der Waals surface area contributed by atoms with Crippen molar-refractivity contribution in [2.45, 2.75) is 6.42 Å². The minimum Gasteiger partial charge on any atom is -0.463 e. The van der Waals surface area contributed by atoms with Crippen LogP contribution in [0.25, 0.3) is 28.6 Å². The highest BCUT2D eigenvalue weighted by molar-refractivity contribution is 5.83. The van der Waals surface area contributed by atoms with Crippen molar-refractivity contribution in [2.75, 3.05) is 0 Å². The maximum Gasteiger partial charge on any atom is 0.222 e. The Hall–Kier alpha value is -3.54. The summed E-state index contributed by atoms with van der Waals surface area (Å²) in [7, 11) is 0. The Morgan fingerprint density at radius 2 is 1.64 bits per heavy atom. The second-order valence-corrected chi connectivity index (χ2v) is 5.52. The average molecular weight is 333 g/mol. The van der Waals surface area contributed by atoms with Gasteiger partial charge in [0.15, 0.2) is 11.5 Å². The number of carbonyl (C=O) groups is 1. The Labute approximate surface area is 143 Å². The number of hydrogen-bond acceptors (Lipinski definition) is 4. The van der Waals surface area contributed by atoms with Gasteiger partial charge in [-0.1, -0.05) is 18.2 Å². The van der Waals surface area contributed by atoms with Crippen LogP contribution < -0.4 is 5.73 Å². The number of primary amides is 1. The number of nitrogens with zero attached hydrogens (tertiary/aromatic N) is 2. The van der Waals surface area contributed by atoms with Crippen LogP contribution in [0.4, 0.5) is 0 Å². The van der Waals surface area contributed by atoms with Gasteiger partial charge in [0.2, 0.25) is 5.91 Å². The van der Waals surface area contributed by atoms with Crippen molar-refractivity contribution >= 4 is 5.91 Å². The van der Waals surface area contributed by atoms with Crippen molar-refractivity contribution in [1.29, 1.82) is 0 Å². The molecule has 0 aliphatic carbocycles. The van der Waals surface area contributed by atoms with Crippen molar-refractivity contribution in [1.82, 2.24) is 9.78 Å². The molecule has 0 atom stereocenters. The first-order valence-corrected chi connectivity index (χ1v) is 7.77. The fraction of sp³-hybridized carbons (Fsp3) is 0.0526. The predicted molar refractivity (Wildman–Crippen MR) is 91.9 cm³/mol. The first-order valence-electron chi connectivity index (χ1n) is 7.77. The van der Waals surface area contributed by atoms with Crippen LogP contribution in [-0.4, -0.2) is 15.7 Å². The first-order chi connectivity index (χ1) is 12.2. The van der Waals surface area contributed by atoms with Crippen LogP contribution in [0.5, 0.6) is 0 Å². The van der Waals surface area contributed by atoms with E-state index in [0.29, 0.717) is 28.5 Å². The van der Waals surface area contributed by atoms with Gasteiger partial charge < -0.3 is 14.6 Å². The topological polar surface area (TPSA) is 87.2 Å². The lowest BCUT2D eigenvalue weighted by Crippen LogP contribution is -2.14. The number of nitrogens with two attached hydrogens (primary N) is 1. The van der Waals surface area contributed by atoms with E-state index in [2.05, 4.69) is 5.10 Å². The summed E-state index contributed by atoms with van der Waals surface area (Å²) in [5.74, 6) is 0.720. The molecule has 2 N–H and O–H groups in total. The lowest BCUT2D eigenvalue weighted by atomic mass is 10.1. The molecule has 1 amide bonds. The van der Waals surface area contributed by atoms with Crippen LogP contribution in [0.1, 0.15) is 5.56 Å². The van der Waals surface area contributed by atoms with E-state index in [1.165, 1.54) is 0 Å². The number of amides is 1. The van der Waals surface area contributed by atoms with Gasteiger partial charge in [0, 0.05) is 5.56 Å². The quantitative estimate of drug-likeness (QED) is 0.606. The number of rotatable bonds is 5. The Morgan fingerprint density at radius 3 is 2.24 bits per heavy atom. The van der Waals surface area contributed by atoms with E-state index in [1.54, 1.807) is 35.4 Å². The SMILES string of the molecule is NC(=O)Cc1c(-c2ccco2)nn(-c2ccccc2)c1-c1ccco1. The molecule has 0 unspecified atom stereocenters. The standard InChI is InChI=1S/C19H15N3O3/c20-17(23)12-14-18(15-8-4-10-24-15)21-22(13-6-2-1-3-7-13)19(14)16-9-5-11-25-16/h1-11H,12H2,(H2,20,23). The molecule has 0 saturated carbocycles. The van der Waals surface area contributed by atoms with Crippen LogP contribution in [0.15, 0.2) is 76.0 Å². The summed E-state index contributed by atoms with van der Waals surface area (Å²) >= 11 is 0. The maximum absolute atomic E-state index is 11.7. The lowest BCUT2D eigenvalue weighted by Gasteiger charge is -2.07. The van der Waals surface area contributed by atoms with Gasteiger partial charge in [0.05, 0.1) is 24.6 Å². The molecule has 6 nitrogen and oxygen atoms in total. The minimum absolute atomic E-state index is 0.0267. The molecule has 0 saturated heterocycles. The molecule has 25 heavy (non-hydrogen) atoms. The predicted octanol–water partition coefficient (Wildman–Crippen LogP) is 3.42. The molecular formula is C19H15N3O3. The summed E-state index contributed by atoms with van der Waals surface area (Å²) in [5, 5.41) is 4.69. The Balaban J connectivity index is 2.02. The zero-order valence-electron chi connectivity index (χ0n) is 13.3. The van der Waals surface area contributed by atoms with Crippen LogP contribution in [-0.2, 0) is 11.2 Å². The van der Waals surface area contributed by atoms with E-state index in [9.17, 15) is 4.79 Å². The van der Waals surface area contributed by atoms with Gasteiger partial charge >= 0.3 is 0 Å². The third-order valence-electron chi connectivity index (χ3n) is 3.84. The largest absolute Gasteiger partial charge is 0.463 e. The van der Waals surface area contributed by atoms with E-state index in [0.717, 1.165) is 5.69 Å². The van der Waals surface area contributed by atoms with E-state index >= 15 is 0 Å². The highest BCUT2D eigenvalue weighted by atomic mass is 16.3. The van der Waals surface area contributed by atoms with Crippen molar-refractivity contribution in [3.63, 3.8) is 0 Å². The van der Waals surface area contributed by atoms with Crippen LogP contribution in [0, 0.1) is 0 Å². The molecule has 124 valence electrons. The van der Waals surface area contributed by atoms with Gasteiger partial charge in [-0.25, -0.2) is 4.68 Å². The van der Waals surface area contributed by atoms with Gasteiger partial charge in [-0.15, -0.1) is 0 Å². The molecule has 0 bridgehead atoms. The normalized spacial score (nSPS) is 10.9. The first kappa shape index (κ1) is 15.0. The monoisotopic (exact) mass is 333 g/mol. The molecule has 3 aromatic heterocycles. The minimum atomic E-state index is -0.451. The van der Waals surface area contributed by atoms with Gasteiger partial charge in [0.25, 0.3) is 0 Å². The van der Waals surface area contributed by atoms with Crippen molar-refractivity contribution in [3.8, 4) is 28.6 Å². The second kappa shape index (κ2) is 6.16. The molecule has 0 aliphatic rings. The fourth-order valence-electron chi connectivity index (χ4n) is 2.83. The number of aromatic nitrogens is 2. The van der Waals surface area contributed by atoms with E-state index in [-0.39, 0.29) is 6.42 Å². The molecule has 6 heteroatoms. The second-order valence-electron chi connectivity index (χ2n) is 5.52. The van der Waals surface area contributed by atoms with Gasteiger partial charge in [-0.3, -0.25) is 4.79 Å². The molecule has 3 heterocycles. The van der Waals surface area contributed by atoms with Crippen molar-refractivity contribution < 1.29 is 13.6 Å². The zero-order chi connectivity index (χ0) is 17.2. The van der Waals surface area contributed by atoms with Crippen LogP contribution in [0.3, 0.4) is 0 Å². The molecular weight excluding hydrogens is 318 g/mol. The van der Waals surface area contributed by atoms with Crippen LogP contribution in [0.2, 0.25) is 0 Å². The molecule has 0 spiro atoms. The summed E-state index contributed by atoms with van der Waals surface area (Å²) in [6, 6.07) is 16.8. The molecule has 0 radical (unpaired) electrons. The highest BCUT2D eigenvalue weighted by Gasteiger charge is 2.25. The summed E-state index contributed by atoms with van der Waals surface area (Å²) in [4.78, 5) is 11.7. The third-order valence-corrected chi connectivity index (χ3v) is 3.84. The number of furan rings is 2. The van der Waals surface area contributed by atoms with Crippen molar-refractivity contribution in [2.24, 2.45) is 5.73 Å². The van der Waals surface area contributed by atoms with Gasteiger partial charge in [-0.2, -0.15) is 5.10 Å². The maximum atomic E-state index is 11.7. The van der Waals surface area contributed by atoms with E-state index < -0.39 is 5.91 Å². The molecule has 0 fully saturated rings. The molecule has 4 rings (SSSR count). The number of hydrogen-bond donors (Lipinski definition) is 1. The van der Waals surface area contributed by atoms with E-state index in [1.807, 2.05) is 36.4 Å². The summed E-state index contributed by atoms with van der Waals surface area (Å²) in [5.41, 5.74) is 8.24. The van der Waals surface area contributed by atoms with Crippen LogP contribution >= 0.6 is 0 Å². The summed E-state index contributed by atoms with van der Waals surface area (Å²) in [6.45, 7) is 0. The smallest absolute Gasteiger partial charge is 0.222 e. The summed E-state index contributed by atoms with van der Waals surface area (Å²) in [6.07, 6.45) is 3.18. The number of para-hydroxylation sites is 1. The van der Waals surface area contributed by atoms with Gasteiger partial charge in [0.1, 0.15) is 11.4 Å². The molecule has 4 aromatic rings. The zero-order valence-corrected chi connectivity index (χ0v) is 13.3. The number of carbonyl (C=O) groups excluding carboxylic acids is 1. The Kier molecular flexibility index (Phi) is 3.70. The molecule has 0 aliphatic heterocycles. The Morgan fingerprint density at radius 1 is 0.960 bits per heavy atom. The lowest BCUT2D eigenvalue weighted by molar-refractivity contribution is -0.117. The Bertz CT molecular complexity index is 984. The van der Waals surface area contributed by atoms with Crippen molar-refractivity contribution in [3.05, 3.63) is 72.7 Å².